The Morgan fingerprint density at radius 3 is 2.84 bits per heavy atom. The van der Waals surface area contributed by atoms with Gasteiger partial charge >= 0.3 is 0 Å². The van der Waals surface area contributed by atoms with E-state index in [1.54, 1.807) is 0 Å². The lowest BCUT2D eigenvalue weighted by Gasteiger charge is -2.10. The molecule has 2 rings (SSSR count). The lowest BCUT2D eigenvalue weighted by atomic mass is 10.1. The molecule has 1 N–H and O–H groups in total. The second kappa shape index (κ2) is 6.75. The first kappa shape index (κ1) is 13.4. The van der Waals surface area contributed by atoms with Crippen molar-refractivity contribution in [1.29, 1.82) is 0 Å². The van der Waals surface area contributed by atoms with Crippen LogP contribution in [0.15, 0.2) is 47.6 Å². The zero-order chi connectivity index (χ0) is 13.5. The second-order valence-corrected chi connectivity index (χ2v) is 4.22. The van der Waals surface area contributed by atoms with E-state index in [0.29, 0.717) is 6.61 Å². The largest absolute Gasteiger partial charge is 0.391 e. The molecular formula is C14H15N3O2. The first-order valence-corrected chi connectivity index (χ1v) is 6.04. The molecule has 0 radical (unpaired) electrons. The minimum Gasteiger partial charge on any atom is -0.391 e. The van der Waals surface area contributed by atoms with Gasteiger partial charge in [-0.3, -0.25) is 0 Å². The Labute approximate surface area is 111 Å². The minimum absolute atomic E-state index is 0.0338. The number of nitrogens with zero attached hydrogens (tertiary/aromatic N) is 3. The molecule has 0 spiro atoms. The van der Waals surface area contributed by atoms with Gasteiger partial charge in [0.25, 0.3) is 0 Å². The Balaban J connectivity index is 1.96. The van der Waals surface area contributed by atoms with Gasteiger partial charge < -0.3 is 9.84 Å². The van der Waals surface area contributed by atoms with E-state index in [-0.39, 0.29) is 13.2 Å². The van der Waals surface area contributed by atoms with Crippen LogP contribution >= 0.6 is 0 Å². The van der Waals surface area contributed by atoms with E-state index < -0.39 is 6.10 Å². The van der Waals surface area contributed by atoms with Gasteiger partial charge in [-0.2, -0.15) is 0 Å². The van der Waals surface area contributed by atoms with Crippen LogP contribution in [-0.2, 0) is 11.3 Å². The topological polar surface area (TPSA) is 78.2 Å². The Hall–Kier alpha value is -2.07. The summed E-state index contributed by atoms with van der Waals surface area (Å²) >= 11 is 0. The molecule has 0 amide bonds. The molecule has 5 heteroatoms. The molecule has 0 saturated heterocycles. The summed E-state index contributed by atoms with van der Waals surface area (Å²) in [6.45, 7) is 0.614. The molecule has 0 bridgehead atoms. The van der Waals surface area contributed by atoms with Crippen molar-refractivity contribution < 1.29 is 9.84 Å². The van der Waals surface area contributed by atoms with Gasteiger partial charge in [0, 0.05) is 4.91 Å². The first-order valence-electron chi connectivity index (χ1n) is 6.04. The second-order valence-electron chi connectivity index (χ2n) is 4.22. The van der Waals surface area contributed by atoms with Gasteiger partial charge in [-0.1, -0.05) is 47.6 Å². The maximum atomic E-state index is 9.48. The zero-order valence-corrected chi connectivity index (χ0v) is 10.4. The number of ether oxygens (including phenoxy) is 1. The molecule has 0 aliphatic rings. The molecule has 2 aromatic carbocycles. The van der Waals surface area contributed by atoms with Crippen molar-refractivity contribution >= 4 is 10.8 Å². The van der Waals surface area contributed by atoms with Crippen LogP contribution in [0.5, 0.6) is 0 Å². The SMILES string of the molecule is [N-]=[N+]=NC[C@H](O)COCc1cccc2ccccc12. The Morgan fingerprint density at radius 1 is 1.21 bits per heavy atom. The molecule has 19 heavy (non-hydrogen) atoms. The maximum Gasteiger partial charge on any atom is 0.0830 e. The van der Waals surface area contributed by atoms with E-state index in [0.717, 1.165) is 10.9 Å². The van der Waals surface area contributed by atoms with Crippen molar-refractivity contribution in [2.24, 2.45) is 5.11 Å². The highest BCUT2D eigenvalue weighted by Gasteiger charge is 2.04. The average molecular weight is 257 g/mol. The van der Waals surface area contributed by atoms with Crippen LogP contribution in [-0.4, -0.2) is 24.4 Å². The first-order chi connectivity index (χ1) is 9.31. The molecule has 0 saturated carbocycles. The van der Waals surface area contributed by atoms with E-state index >= 15 is 0 Å². The number of hydrogen-bond donors (Lipinski definition) is 1. The summed E-state index contributed by atoms with van der Waals surface area (Å²) < 4.78 is 5.45. The summed E-state index contributed by atoms with van der Waals surface area (Å²) in [6.07, 6.45) is -0.758. The van der Waals surface area contributed by atoms with E-state index in [1.165, 1.54) is 5.39 Å². The highest BCUT2D eigenvalue weighted by atomic mass is 16.5. The molecule has 0 fully saturated rings. The van der Waals surface area contributed by atoms with Gasteiger partial charge in [-0.25, -0.2) is 0 Å². The van der Waals surface area contributed by atoms with Crippen LogP contribution in [0.1, 0.15) is 5.56 Å². The molecule has 0 unspecified atom stereocenters. The lowest BCUT2D eigenvalue weighted by Crippen LogP contribution is -2.18. The van der Waals surface area contributed by atoms with Crippen LogP contribution < -0.4 is 0 Å². The van der Waals surface area contributed by atoms with Crippen LogP contribution in [0.2, 0.25) is 0 Å². The van der Waals surface area contributed by atoms with Crippen molar-refractivity contribution in [1.82, 2.24) is 0 Å². The maximum absolute atomic E-state index is 9.48. The fourth-order valence-corrected chi connectivity index (χ4v) is 1.91. The van der Waals surface area contributed by atoms with Crippen molar-refractivity contribution in [3.05, 3.63) is 58.5 Å². The predicted octanol–water partition coefficient (Wildman–Crippen LogP) is 3.03. The van der Waals surface area contributed by atoms with Gasteiger partial charge in [0.1, 0.15) is 0 Å². The number of rotatable bonds is 6. The van der Waals surface area contributed by atoms with Crippen molar-refractivity contribution in [2.75, 3.05) is 13.2 Å². The van der Waals surface area contributed by atoms with Crippen LogP contribution in [0, 0.1) is 0 Å². The number of aliphatic hydroxyl groups is 1. The fraction of sp³-hybridized carbons (Fsp3) is 0.286. The predicted molar refractivity (Wildman–Crippen MR) is 73.6 cm³/mol. The van der Waals surface area contributed by atoms with Crippen LogP contribution in [0.25, 0.3) is 21.2 Å². The third-order valence-corrected chi connectivity index (χ3v) is 2.80. The average Bonchev–Trinajstić information content (AvgIpc) is 2.45. The van der Waals surface area contributed by atoms with Gasteiger partial charge in [0.15, 0.2) is 0 Å². The molecule has 5 nitrogen and oxygen atoms in total. The number of aliphatic hydroxyl groups excluding tert-OH is 1. The van der Waals surface area contributed by atoms with E-state index in [9.17, 15) is 5.11 Å². The molecule has 0 heterocycles. The fourth-order valence-electron chi connectivity index (χ4n) is 1.91. The van der Waals surface area contributed by atoms with E-state index in [4.69, 9.17) is 10.3 Å². The van der Waals surface area contributed by atoms with Gasteiger partial charge in [-0.15, -0.1) is 0 Å². The van der Waals surface area contributed by atoms with Crippen molar-refractivity contribution in [2.45, 2.75) is 12.7 Å². The lowest BCUT2D eigenvalue weighted by molar-refractivity contribution is 0.0334. The van der Waals surface area contributed by atoms with E-state index in [2.05, 4.69) is 22.2 Å². The summed E-state index contributed by atoms with van der Waals surface area (Å²) in [5, 5.41) is 15.1. The zero-order valence-electron chi connectivity index (χ0n) is 10.4. The summed E-state index contributed by atoms with van der Waals surface area (Å²) in [7, 11) is 0. The normalized spacial score (nSPS) is 12.1. The quantitative estimate of drug-likeness (QED) is 0.490. The van der Waals surface area contributed by atoms with Gasteiger partial charge in [-0.05, 0) is 21.9 Å². The van der Waals surface area contributed by atoms with Crippen LogP contribution in [0.3, 0.4) is 0 Å². The molecule has 2 aromatic rings. The summed E-state index contributed by atoms with van der Waals surface area (Å²) in [5.41, 5.74) is 9.22. The highest BCUT2D eigenvalue weighted by molar-refractivity contribution is 5.85. The Bertz CT molecular complexity index is 589. The summed E-state index contributed by atoms with van der Waals surface area (Å²) in [4.78, 5) is 2.59. The molecule has 0 aliphatic heterocycles. The molecule has 0 aromatic heterocycles. The number of azide groups is 1. The minimum atomic E-state index is -0.758. The number of benzene rings is 2. The molecular weight excluding hydrogens is 242 g/mol. The third kappa shape index (κ3) is 3.69. The van der Waals surface area contributed by atoms with Gasteiger partial charge in [0.2, 0.25) is 0 Å². The highest BCUT2D eigenvalue weighted by Crippen LogP contribution is 2.19. The third-order valence-electron chi connectivity index (χ3n) is 2.80. The van der Waals surface area contributed by atoms with E-state index in [1.807, 2.05) is 30.3 Å². The van der Waals surface area contributed by atoms with Crippen LogP contribution in [0.4, 0.5) is 0 Å². The number of fused-ring (bicyclic) bond motifs is 1. The standard InChI is InChI=1S/C14H15N3O2/c15-17-16-8-13(18)10-19-9-12-6-3-5-11-4-1-2-7-14(11)12/h1-7,13,18H,8-10H2/t13-/m0/s1. The Morgan fingerprint density at radius 2 is 2.00 bits per heavy atom. The van der Waals surface area contributed by atoms with Crippen molar-refractivity contribution in [3.63, 3.8) is 0 Å². The smallest absolute Gasteiger partial charge is 0.0830 e. The monoisotopic (exact) mass is 257 g/mol. The summed E-state index contributed by atoms with van der Waals surface area (Å²) in [6, 6.07) is 14.1. The molecule has 1 atom stereocenters. The van der Waals surface area contributed by atoms with Crippen molar-refractivity contribution in [3.8, 4) is 0 Å². The summed E-state index contributed by atoms with van der Waals surface area (Å²) in [5.74, 6) is 0. The molecule has 98 valence electrons. The molecule has 0 aliphatic carbocycles. The number of hydrogen-bond acceptors (Lipinski definition) is 3. The Kier molecular flexibility index (Phi) is 4.75. The van der Waals surface area contributed by atoms with Gasteiger partial charge in [0.05, 0.1) is 25.9 Å².